The van der Waals surface area contributed by atoms with Gasteiger partial charge in [-0.1, -0.05) is 26.0 Å². The molecular weight excluding hydrogens is 218 g/mol. The van der Waals surface area contributed by atoms with Crippen LogP contribution in [0.2, 0.25) is 0 Å². The zero-order valence-electron chi connectivity index (χ0n) is 10.2. The Kier molecular flexibility index (Phi) is 4.52. The summed E-state index contributed by atoms with van der Waals surface area (Å²) in [5, 5.41) is 21.4. The van der Waals surface area contributed by atoms with Crippen molar-refractivity contribution in [3.05, 3.63) is 29.8 Å². The first kappa shape index (κ1) is 13.5. The Bertz CT molecular complexity index is 386. The van der Waals surface area contributed by atoms with Gasteiger partial charge < -0.3 is 15.5 Å². The van der Waals surface area contributed by atoms with Crippen LogP contribution in [0.1, 0.15) is 30.6 Å². The molecule has 0 aliphatic rings. The molecule has 0 fully saturated rings. The summed E-state index contributed by atoms with van der Waals surface area (Å²) >= 11 is 0. The van der Waals surface area contributed by atoms with Crippen LogP contribution in [0.25, 0.3) is 0 Å². The smallest absolute Gasteiger partial charge is 0.337 e. The van der Waals surface area contributed by atoms with Crippen LogP contribution in [0, 0.1) is 5.41 Å². The molecule has 1 aromatic rings. The van der Waals surface area contributed by atoms with Crippen molar-refractivity contribution in [3.8, 4) is 0 Å². The van der Waals surface area contributed by atoms with E-state index in [9.17, 15) is 9.90 Å². The second kappa shape index (κ2) is 5.68. The highest BCUT2D eigenvalue weighted by molar-refractivity contribution is 5.94. The Hall–Kier alpha value is -1.55. The van der Waals surface area contributed by atoms with Crippen molar-refractivity contribution >= 4 is 11.7 Å². The number of rotatable bonds is 6. The molecule has 0 saturated carbocycles. The Morgan fingerprint density at radius 1 is 1.41 bits per heavy atom. The number of aliphatic hydroxyl groups is 1. The van der Waals surface area contributed by atoms with Crippen molar-refractivity contribution in [2.75, 3.05) is 18.5 Å². The summed E-state index contributed by atoms with van der Waals surface area (Å²) in [4.78, 5) is 11.0. The van der Waals surface area contributed by atoms with E-state index in [4.69, 9.17) is 5.11 Å². The molecule has 0 aliphatic heterocycles. The number of anilines is 1. The van der Waals surface area contributed by atoms with Crippen molar-refractivity contribution in [3.63, 3.8) is 0 Å². The SMILES string of the molecule is CCC(C)(CO)CNc1ccccc1C(=O)O. The molecule has 0 saturated heterocycles. The van der Waals surface area contributed by atoms with Crippen LogP contribution in [0.5, 0.6) is 0 Å². The van der Waals surface area contributed by atoms with E-state index in [0.717, 1.165) is 6.42 Å². The first-order valence-corrected chi connectivity index (χ1v) is 5.69. The van der Waals surface area contributed by atoms with Gasteiger partial charge in [-0.3, -0.25) is 0 Å². The molecular formula is C13H19NO3. The summed E-state index contributed by atoms with van der Waals surface area (Å²) in [5.41, 5.74) is 0.614. The second-order valence-corrected chi connectivity index (χ2v) is 4.53. The van der Waals surface area contributed by atoms with Gasteiger partial charge in [0.15, 0.2) is 0 Å². The van der Waals surface area contributed by atoms with Gasteiger partial charge in [0.05, 0.1) is 12.2 Å². The average Bonchev–Trinajstić information content (AvgIpc) is 2.36. The third-order valence-corrected chi connectivity index (χ3v) is 3.10. The monoisotopic (exact) mass is 237 g/mol. The zero-order valence-corrected chi connectivity index (χ0v) is 10.2. The van der Waals surface area contributed by atoms with Crippen molar-refractivity contribution in [1.82, 2.24) is 0 Å². The lowest BCUT2D eigenvalue weighted by Crippen LogP contribution is -2.30. The van der Waals surface area contributed by atoms with E-state index in [1.165, 1.54) is 0 Å². The minimum Gasteiger partial charge on any atom is -0.478 e. The van der Waals surface area contributed by atoms with E-state index >= 15 is 0 Å². The quantitative estimate of drug-likeness (QED) is 0.709. The van der Waals surface area contributed by atoms with Crippen LogP contribution in [0.4, 0.5) is 5.69 Å². The van der Waals surface area contributed by atoms with Crippen LogP contribution in [0.15, 0.2) is 24.3 Å². The lowest BCUT2D eigenvalue weighted by molar-refractivity contribution is 0.0698. The van der Waals surface area contributed by atoms with E-state index in [-0.39, 0.29) is 17.6 Å². The van der Waals surface area contributed by atoms with Crippen molar-refractivity contribution in [2.24, 2.45) is 5.41 Å². The largest absolute Gasteiger partial charge is 0.478 e. The third kappa shape index (κ3) is 3.46. The highest BCUT2D eigenvalue weighted by Gasteiger charge is 2.21. The number of carboxylic acids is 1. The van der Waals surface area contributed by atoms with Crippen molar-refractivity contribution in [1.29, 1.82) is 0 Å². The van der Waals surface area contributed by atoms with E-state index < -0.39 is 5.97 Å². The fraction of sp³-hybridized carbons (Fsp3) is 0.462. The third-order valence-electron chi connectivity index (χ3n) is 3.10. The molecule has 4 nitrogen and oxygen atoms in total. The van der Waals surface area contributed by atoms with Crippen molar-refractivity contribution < 1.29 is 15.0 Å². The van der Waals surface area contributed by atoms with E-state index in [1.54, 1.807) is 24.3 Å². The summed E-state index contributed by atoms with van der Waals surface area (Å²) in [6.45, 7) is 4.58. The Balaban J connectivity index is 2.79. The van der Waals surface area contributed by atoms with Gasteiger partial charge in [0.25, 0.3) is 0 Å². The number of para-hydroxylation sites is 1. The van der Waals surface area contributed by atoms with Gasteiger partial charge >= 0.3 is 5.97 Å². The molecule has 1 atom stereocenters. The molecule has 1 rings (SSSR count). The molecule has 0 aromatic heterocycles. The van der Waals surface area contributed by atoms with E-state index in [2.05, 4.69) is 5.32 Å². The maximum Gasteiger partial charge on any atom is 0.337 e. The summed E-state index contributed by atoms with van der Waals surface area (Å²) < 4.78 is 0. The molecule has 0 heterocycles. The summed E-state index contributed by atoms with van der Waals surface area (Å²) in [5.74, 6) is -0.949. The normalized spacial score (nSPS) is 14.1. The second-order valence-electron chi connectivity index (χ2n) is 4.53. The molecule has 4 heteroatoms. The molecule has 94 valence electrons. The van der Waals surface area contributed by atoms with Crippen molar-refractivity contribution in [2.45, 2.75) is 20.3 Å². The van der Waals surface area contributed by atoms with Gasteiger partial charge in [-0.25, -0.2) is 4.79 Å². The van der Waals surface area contributed by atoms with Gasteiger partial charge in [0.2, 0.25) is 0 Å². The van der Waals surface area contributed by atoms with Crippen LogP contribution in [-0.2, 0) is 0 Å². The fourth-order valence-corrected chi connectivity index (χ4v) is 1.43. The molecule has 1 unspecified atom stereocenters. The Morgan fingerprint density at radius 2 is 2.06 bits per heavy atom. The van der Waals surface area contributed by atoms with Crippen LogP contribution >= 0.6 is 0 Å². The highest BCUT2D eigenvalue weighted by Crippen LogP contribution is 2.22. The molecule has 0 spiro atoms. The first-order chi connectivity index (χ1) is 8.02. The van der Waals surface area contributed by atoms with Gasteiger partial charge in [-0.15, -0.1) is 0 Å². The maximum absolute atomic E-state index is 11.0. The number of benzene rings is 1. The Morgan fingerprint density at radius 3 is 2.59 bits per heavy atom. The van der Waals surface area contributed by atoms with Crippen LogP contribution in [-0.4, -0.2) is 29.3 Å². The van der Waals surface area contributed by atoms with E-state index in [0.29, 0.717) is 12.2 Å². The zero-order chi connectivity index (χ0) is 12.9. The minimum absolute atomic E-state index is 0.0751. The predicted octanol–water partition coefficient (Wildman–Crippen LogP) is 2.21. The number of aliphatic hydroxyl groups excluding tert-OH is 1. The molecule has 1 aromatic carbocycles. The minimum atomic E-state index is -0.949. The standard InChI is InChI=1S/C13H19NO3/c1-3-13(2,9-15)8-14-11-7-5-4-6-10(11)12(16)17/h4-7,14-15H,3,8-9H2,1-2H3,(H,16,17). The molecule has 0 radical (unpaired) electrons. The number of hydrogen-bond acceptors (Lipinski definition) is 3. The summed E-state index contributed by atoms with van der Waals surface area (Å²) in [6, 6.07) is 6.78. The molecule has 3 N–H and O–H groups in total. The van der Waals surface area contributed by atoms with Gasteiger partial charge in [-0.2, -0.15) is 0 Å². The van der Waals surface area contributed by atoms with Crippen LogP contribution < -0.4 is 5.32 Å². The van der Waals surface area contributed by atoms with Crippen LogP contribution in [0.3, 0.4) is 0 Å². The molecule has 0 amide bonds. The number of aromatic carboxylic acids is 1. The molecule has 0 bridgehead atoms. The predicted molar refractivity (Wildman–Crippen MR) is 67.4 cm³/mol. The fourth-order valence-electron chi connectivity index (χ4n) is 1.43. The topological polar surface area (TPSA) is 69.6 Å². The van der Waals surface area contributed by atoms with Gasteiger partial charge in [-0.05, 0) is 18.6 Å². The first-order valence-electron chi connectivity index (χ1n) is 5.69. The average molecular weight is 237 g/mol. The Labute approximate surface area is 101 Å². The van der Waals surface area contributed by atoms with E-state index in [1.807, 2.05) is 13.8 Å². The highest BCUT2D eigenvalue weighted by atomic mass is 16.4. The number of hydrogen-bond donors (Lipinski definition) is 3. The van der Waals surface area contributed by atoms with Gasteiger partial charge in [0.1, 0.15) is 0 Å². The number of carboxylic acid groups (broad SMARTS) is 1. The summed E-state index contributed by atoms with van der Waals surface area (Å²) in [7, 11) is 0. The van der Waals surface area contributed by atoms with Gasteiger partial charge in [0, 0.05) is 17.6 Å². The molecule has 0 aliphatic carbocycles. The number of nitrogens with one attached hydrogen (secondary N) is 1. The lowest BCUT2D eigenvalue weighted by Gasteiger charge is -2.26. The maximum atomic E-state index is 11.0. The summed E-state index contributed by atoms with van der Waals surface area (Å²) in [6.07, 6.45) is 0.825. The molecule has 17 heavy (non-hydrogen) atoms. The lowest BCUT2D eigenvalue weighted by atomic mass is 9.88. The number of carbonyl (C=O) groups is 1.